The molecule has 1 N–H and O–H groups in total. The molecule has 0 atom stereocenters. The van der Waals surface area contributed by atoms with Crippen LogP contribution >= 0.6 is 22.9 Å². The number of benzene rings is 1. The fraction of sp³-hybridized carbons (Fsp3) is 0.300. The standard InChI is InChI=1S/C20H21ClN6OS/c21-16-4-1-3-15(13-16)19-25-17(14-29-19)18(28)22-7-8-26-9-11-27(12-10-26)20-23-5-2-6-24-20/h1-6,13-14H,7-12H2,(H,22,28). The van der Waals surface area contributed by atoms with E-state index in [4.69, 9.17) is 11.6 Å². The van der Waals surface area contributed by atoms with Gasteiger partial charge in [0.15, 0.2) is 0 Å². The minimum absolute atomic E-state index is 0.147. The van der Waals surface area contributed by atoms with E-state index in [2.05, 4.69) is 30.1 Å². The SMILES string of the molecule is O=C(NCCN1CCN(c2ncccn2)CC1)c1csc(-c2cccc(Cl)c2)n1. The Bertz CT molecular complexity index is 958. The van der Waals surface area contributed by atoms with Gasteiger partial charge < -0.3 is 10.2 Å². The van der Waals surface area contributed by atoms with E-state index < -0.39 is 0 Å². The molecule has 2 aromatic heterocycles. The van der Waals surface area contributed by atoms with E-state index in [0.717, 1.165) is 49.2 Å². The van der Waals surface area contributed by atoms with Crippen LogP contribution < -0.4 is 10.2 Å². The predicted molar refractivity (Wildman–Crippen MR) is 116 cm³/mol. The first-order chi connectivity index (χ1) is 14.2. The number of amides is 1. The third-order valence-electron chi connectivity index (χ3n) is 4.73. The van der Waals surface area contributed by atoms with Gasteiger partial charge in [-0.25, -0.2) is 15.0 Å². The number of halogens is 1. The van der Waals surface area contributed by atoms with E-state index in [0.29, 0.717) is 17.3 Å². The number of carbonyl (C=O) groups is 1. The second-order valence-corrected chi connectivity index (χ2v) is 7.98. The molecule has 1 aromatic carbocycles. The van der Waals surface area contributed by atoms with Gasteiger partial charge in [-0.15, -0.1) is 11.3 Å². The summed E-state index contributed by atoms with van der Waals surface area (Å²) in [5.74, 6) is 0.630. The first-order valence-corrected chi connectivity index (χ1v) is 10.7. The topological polar surface area (TPSA) is 74.2 Å². The van der Waals surface area contributed by atoms with Crippen molar-refractivity contribution in [2.45, 2.75) is 0 Å². The average molecular weight is 429 g/mol. The summed E-state index contributed by atoms with van der Waals surface area (Å²) >= 11 is 7.47. The normalized spacial score (nSPS) is 14.7. The summed E-state index contributed by atoms with van der Waals surface area (Å²) in [6.07, 6.45) is 3.53. The highest BCUT2D eigenvalue weighted by Crippen LogP contribution is 2.25. The number of rotatable bonds is 6. The zero-order chi connectivity index (χ0) is 20.1. The number of nitrogens with one attached hydrogen (secondary N) is 1. The third-order valence-corrected chi connectivity index (χ3v) is 5.86. The van der Waals surface area contributed by atoms with Gasteiger partial charge in [0, 0.05) is 67.6 Å². The van der Waals surface area contributed by atoms with Crippen molar-refractivity contribution in [1.82, 2.24) is 25.2 Å². The van der Waals surface area contributed by atoms with Crippen molar-refractivity contribution < 1.29 is 4.79 Å². The smallest absolute Gasteiger partial charge is 0.270 e. The van der Waals surface area contributed by atoms with Crippen LogP contribution in [0.2, 0.25) is 5.02 Å². The number of aromatic nitrogens is 3. The molecule has 1 aliphatic rings. The first kappa shape index (κ1) is 19.8. The Morgan fingerprint density at radius 2 is 1.93 bits per heavy atom. The first-order valence-electron chi connectivity index (χ1n) is 9.43. The van der Waals surface area contributed by atoms with Gasteiger partial charge >= 0.3 is 0 Å². The van der Waals surface area contributed by atoms with Crippen molar-refractivity contribution >= 4 is 34.8 Å². The lowest BCUT2D eigenvalue weighted by Gasteiger charge is -2.34. The second kappa shape index (κ2) is 9.30. The van der Waals surface area contributed by atoms with Crippen LogP contribution in [0.3, 0.4) is 0 Å². The number of carbonyl (C=O) groups excluding carboxylic acids is 1. The molecular weight excluding hydrogens is 408 g/mol. The van der Waals surface area contributed by atoms with E-state index in [-0.39, 0.29) is 5.91 Å². The van der Waals surface area contributed by atoms with Gasteiger partial charge in [0.1, 0.15) is 10.7 Å². The van der Waals surface area contributed by atoms with Gasteiger partial charge in [-0.05, 0) is 18.2 Å². The minimum atomic E-state index is -0.147. The van der Waals surface area contributed by atoms with Crippen LogP contribution in [0.4, 0.5) is 5.95 Å². The number of hydrogen-bond acceptors (Lipinski definition) is 7. The number of piperazine rings is 1. The van der Waals surface area contributed by atoms with Crippen LogP contribution in [0.1, 0.15) is 10.5 Å². The van der Waals surface area contributed by atoms with Crippen LogP contribution in [0.15, 0.2) is 48.1 Å². The maximum atomic E-state index is 12.4. The van der Waals surface area contributed by atoms with Crippen LogP contribution in [0.25, 0.3) is 10.6 Å². The molecule has 0 bridgehead atoms. The Kier molecular flexibility index (Phi) is 6.33. The Morgan fingerprint density at radius 3 is 2.69 bits per heavy atom. The molecule has 0 spiro atoms. The monoisotopic (exact) mass is 428 g/mol. The maximum absolute atomic E-state index is 12.4. The fourth-order valence-corrected chi connectivity index (χ4v) is 4.16. The van der Waals surface area contributed by atoms with Crippen LogP contribution in [-0.2, 0) is 0 Å². The number of anilines is 1. The molecule has 3 aromatic rings. The highest BCUT2D eigenvalue weighted by Gasteiger charge is 2.19. The number of hydrogen-bond donors (Lipinski definition) is 1. The molecule has 0 unspecified atom stereocenters. The molecular formula is C20H21ClN6OS. The van der Waals surface area contributed by atoms with Crippen molar-refractivity contribution in [3.63, 3.8) is 0 Å². The number of thiazole rings is 1. The number of nitrogens with zero attached hydrogens (tertiary/aromatic N) is 5. The average Bonchev–Trinajstić information content (AvgIpc) is 3.25. The molecule has 29 heavy (non-hydrogen) atoms. The largest absolute Gasteiger partial charge is 0.349 e. The molecule has 0 aliphatic carbocycles. The van der Waals surface area contributed by atoms with Gasteiger partial charge in [0.2, 0.25) is 5.95 Å². The quantitative estimate of drug-likeness (QED) is 0.650. The Labute approximate surface area is 178 Å². The molecule has 1 fully saturated rings. The van der Waals surface area contributed by atoms with Gasteiger partial charge in [-0.1, -0.05) is 23.7 Å². The Balaban J connectivity index is 1.23. The highest BCUT2D eigenvalue weighted by molar-refractivity contribution is 7.13. The summed E-state index contributed by atoms with van der Waals surface area (Å²) in [4.78, 5) is 30.0. The molecule has 1 aliphatic heterocycles. The zero-order valence-corrected chi connectivity index (χ0v) is 17.4. The molecule has 7 nitrogen and oxygen atoms in total. The Morgan fingerprint density at radius 1 is 1.14 bits per heavy atom. The van der Waals surface area contributed by atoms with E-state index >= 15 is 0 Å². The third kappa shape index (κ3) is 5.09. The van der Waals surface area contributed by atoms with Gasteiger partial charge in [-0.3, -0.25) is 9.69 Å². The van der Waals surface area contributed by atoms with Gasteiger partial charge in [0.05, 0.1) is 0 Å². The molecule has 150 valence electrons. The summed E-state index contributed by atoms with van der Waals surface area (Å²) in [5.41, 5.74) is 1.36. The van der Waals surface area contributed by atoms with E-state index in [1.54, 1.807) is 17.8 Å². The molecule has 9 heteroatoms. The summed E-state index contributed by atoms with van der Waals surface area (Å²) in [6.45, 7) is 5.00. The van der Waals surface area contributed by atoms with Crippen molar-refractivity contribution in [2.75, 3.05) is 44.2 Å². The minimum Gasteiger partial charge on any atom is -0.349 e. The molecule has 3 heterocycles. The second-order valence-electron chi connectivity index (χ2n) is 6.68. The van der Waals surface area contributed by atoms with Crippen molar-refractivity contribution in [3.05, 3.63) is 58.8 Å². The van der Waals surface area contributed by atoms with Crippen LogP contribution in [0, 0.1) is 0 Å². The van der Waals surface area contributed by atoms with Crippen LogP contribution in [-0.4, -0.2) is 65.0 Å². The molecule has 0 radical (unpaired) electrons. The van der Waals surface area contributed by atoms with E-state index in [1.807, 2.05) is 30.3 Å². The van der Waals surface area contributed by atoms with Crippen molar-refractivity contribution in [2.24, 2.45) is 0 Å². The van der Waals surface area contributed by atoms with Crippen molar-refractivity contribution in [3.8, 4) is 10.6 Å². The zero-order valence-electron chi connectivity index (χ0n) is 15.8. The van der Waals surface area contributed by atoms with Crippen LogP contribution in [0.5, 0.6) is 0 Å². The lowest BCUT2D eigenvalue weighted by molar-refractivity contribution is 0.0943. The summed E-state index contributed by atoms with van der Waals surface area (Å²) < 4.78 is 0. The van der Waals surface area contributed by atoms with E-state index in [1.165, 1.54) is 11.3 Å². The lowest BCUT2D eigenvalue weighted by atomic mass is 10.2. The fourth-order valence-electron chi connectivity index (χ4n) is 3.18. The van der Waals surface area contributed by atoms with Gasteiger partial charge in [-0.2, -0.15) is 0 Å². The van der Waals surface area contributed by atoms with Gasteiger partial charge in [0.25, 0.3) is 5.91 Å². The molecule has 0 saturated carbocycles. The Hall–Kier alpha value is -2.55. The summed E-state index contributed by atoms with van der Waals surface area (Å²) in [5, 5.41) is 6.19. The molecule has 1 amide bonds. The summed E-state index contributed by atoms with van der Waals surface area (Å²) in [6, 6.07) is 9.30. The predicted octanol–water partition coefficient (Wildman–Crippen LogP) is 2.81. The summed E-state index contributed by atoms with van der Waals surface area (Å²) in [7, 11) is 0. The highest BCUT2D eigenvalue weighted by atomic mass is 35.5. The molecule has 4 rings (SSSR count). The molecule has 1 saturated heterocycles. The van der Waals surface area contributed by atoms with Crippen molar-refractivity contribution in [1.29, 1.82) is 0 Å². The lowest BCUT2D eigenvalue weighted by Crippen LogP contribution is -2.49. The maximum Gasteiger partial charge on any atom is 0.270 e. The van der Waals surface area contributed by atoms with E-state index in [9.17, 15) is 4.79 Å².